The van der Waals surface area contributed by atoms with Crippen LogP contribution in [0.25, 0.3) is 0 Å². The second kappa shape index (κ2) is 11.8. The third-order valence-corrected chi connectivity index (χ3v) is 6.62. The minimum absolute atomic E-state index is 0.0937. The number of rotatable bonds is 10. The first kappa shape index (κ1) is 25.4. The number of carbonyl (C=O) groups is 2. The second-order valence-corrected chi connectivity index (χ2v) is 9.11. The monoisotopic (exact) mass is 494 g/mol. The molecular weight excluding hydrogens is 460 g/mol. The van der Waals surface area contributed by atoms with Gasteiger partial charge in [0.05, 0.1) is 20.5 Å². The van der Waals surface area contributed by atoms with Crippen LogP contribution in [0.15, 0.2) is 57.6 Å². The molecule has 0 spiro atoms. The second-order valence-electron chi connectivity index (χ2n) is 9.11. The van der Waals surface area contributed by atoms with E-state index < -0.39 is 6.04 Å². The Balaban J connectivity index is 1.64. The van der Waals surface area contributed by atoms with Gasteiger partial charge in [-0.1, -0.05) is 25.3 Å². The van der Waals surface area contributed by atoms with Gasteiger partial charge in [0.15, 0.2) is 23.3 Å². The molecule has 1 saturated carbocycles. The molecule has 1 N–H and O–H groups in total. The normalized spacial score (nSPS) is 14.8. The zero-order valence-electron chi connectivity index (χ0n) is 21.1. The average Bonchev–Trinajstić information content (AvgIpc) is 3.58. The molecule has 1 atom stereocenters. The molecule has 2 aromatic heterocycles. The zero-order valence-corrected chi connectivity index (χ0v) is 21.1. The highest BCUT2D eigenvalue weighted by Gasteiger charge is 2.36. The third kappa shape index (κ3) is 5.93. The number of nitrogens with one attached hydrogen (secondary N) is 1. The summed E-state index contributed by atoms with van der Waals surface area (Å²) in [7, 11) is 3.17. The molecule has 3 aromatic rings. The summed E-state index contributed by atoms with van der Waals surface area (Å²) >= 11 is 0. The molecule has 1 fully saturated rings. The van der Waals surface area contributed by atoms with Crippen LogP contribution in [0.2, 0.25) is 0 Å². The summed E-state index contributed by atoms with van der Waals surface area (Å²) in [6.45, 7) is 2.08. The molecule has 1 aliphatic rings. The predicted molar refractivity (Wildman–Crippen MR) is 134 cm³/mol. The average molecular weight is 495 g/mol. The summed E-state index contributed by atoms with van der Waals surface area (Å²) in [5.74, 6) is 1.87. The molecule has 0 aliphatic heterocycles. The van der Waals surface area contributed by atoms with E-state index in [9.17, 15) is 9.59 Å². The first-order valence-corrected chi connectivity index (χ1v) is 12.4. The number of carbonyl (C=O) groups excluding carboxylic acids is 2. The van der Waals surface area contributed by atoms with Gasteiger partial charge in [0, 0.05) is 12.6 Å². The van der Waals surface area contributed by atoms with Crippen molar-refractivity contribution in [2.75, 3.05) is 20.8 Å². The Kier molecular flexibility index (Phi) is 8.36. The molecule has 8 heteroatoms. The molecule has 1 aliphatic carbocycles. The highest BCUT2D eigenvalue weighted by molar-refractivity contribution is 5.95. The molecular formula is C28H34N2O6. The Labute approximate surface area is 211 Å². The van der Waals surface area contributed by atoms with Crippen LogP contribution < -0.4 is 14.8 Å². The number of nitrogens with zero attached hydrogens (tertiary/aromatic N) is 1. The summed E-state index contributed by atoms with van der Waals surface area (Å²) in [5, 5.41) is 3.18. The maximum atomic E-state index is 13.7. The Morgan fingerprint density at radius 2 is 1.83 bits per heavy atom. The fourth-order valence-corrected chi connectivity index (χ4v) is 4.73. The maximum absolute atomic E-state index is 13.7. The number of benzene rings is 1. The van der Waals surface area contributed by atoms with Crippen molar-refractivity contribution in [2.24, 2.45) is 0 Å². The van der Waals surface area contributed by atoms with Gasteiger partial charge < -0.3 is 28.5 Å². The van der Waals surface area contributed by atoms with Gasteiger partial charge in [0.1, 0.15) is 11.5 Å². The Morgan fingerprint density at radius 1 is 1.06 bits per heavy atom. The molecule has 36 heavy (non-hydrogen) atoms. The largest absolute Gasteiger partial charge is 0.493 e. The summed E-state index contributed by atoms with van der Waals surface area (Å²) in [6, 6.07) is 11.6. The van der Waals surface area contributed by atoms with Crippen LogP contribution in [0.1, 0.15) is 65.8 Å². The van der Waals surface area contributed by atoms with Crippen molar-refractivity contribution in [3.63, 3.8) is 0 Å². The topological polar surface area (TPSA) is 94.2 Å². The molecule has 2 amide bonds. The van der Waals surface area contributed by atoms with Crippen LogP contribution in [0.3, 0.4) is 0 Å². The Hall–Kier alpha value is -3.68. The lowest BCUT2D eigenvalue weighted by Gasteiger charge is -2.31. The van der Waals surface area contributed by atoms with Gasteiger partial charge in [-0.3, -0.25) is 9.59 Å². The Bertz CT molecular complexity index is 1150. The van der Waals surface area contributed by atoms with Crippen molar-refractivity contribution in [1.29, 1.82) is 0 Å². The predicted octanol–water partition coefficient (Wildman–Crippen LogP) is 5.07. The smallest absolute Gasteiger partial charge is 0.290 e. The summed E-state index contributed by atoms with van der Waals surface area (Å²) < 4.78 is 22.1. The zero-order chi connectivity index (χ0) is 25.5. The highest BCUT2D eigenvalue weighted by Crippen LogP contribution is 2.30. The summed E-state index contributed by atoms with van der Waals surface area (Å²) in [5.41, 5.74) is 0.937. The molecule has 4 rings (SSSR count). The Morgan fingerprint density at radius 3 is 2.47 bits per heavy atom. The van der Waals surface area contributed by atoms with Gasteiger partial charge in [-0.2, -0.15) is 0 Å². The van der Waals surface area contributed by atoms with Crippen LogP contribution >= 0.6 is 0 Å². The van der Waals surface area contributed by atoms with Crippen LogP contribution in [-0.2, 0) is 11.2 Å². The van der Waals surface area contributed by atoms with Crippen LogP contribution in [0, 0.1) is 6.92 Å². The minimum Gasteiger partial charge on any atom is -0.493 e. The third-order valence-electron chi connectivity index (χ3n) is 6.62. The maximum Gasteiger partial charge on any atom is 0.290 e. The van der Waals surface area contributed by atoms with E-state index in [1.807, 2.05) is 25.1 Å². The molecule has 2 heterocycles. The van der Waals surface area contributed by atoms with Gasteiger partial charge in [-0.05, 0) is 68.1 Å². The molecule has 0 radical (unpaired) electrons. The molecule has 0 bridgehead atoms. The van der Waals surface area contributed by atoms with E-state index in [1.165, 1.54) is 17.6 Å². The minimum atomic E-state index is -0.932. The first-order chi connectivity index (χ1) is 17.5. The van der Waals surface area contributed by atoms with E-state index in [4.69, 9.17) is 18.3 Å². The molecule has 0 saturated heterocycles. The number of hydrogen-bond acceptors (Lipinski definition) is 6. The van der Waals surface area contributed by atoms with Crippen molar-refractivity contribution >= 4 is 11.8 Å². The van der Waals surface area contributed by atoms with E-state index in [2.05, 4.69) is 5.32 Å². The van der Waals surface area contributed by atoms with E-state index in [-0.39, 0.29) is 30.2 Å². The van der Waals surface area contributed by atoms with Crippen LogP contribution in [0.4, 0.5) is 0 Å². The fraction of sp³-hybridized carbons (Fsp3) is 0.429. The van der Waals surface area contributed by atoms with Gasteiger partial charge in [0.2, 0.25) is 0 Å². The van der Waals surface area contributed by atoms with E-state index in [1.54, 1.807) is 38.5 Å². The lowest BCUT2D eigenvalue weighted by Crippen LogP contribution is -2.47. The number of hydrogen-bond donors (Lipinski definition) is 1. The van der Waals surface area contributed by atoms with Gasteiger partial charge >= 0.3 is 0 Å². The SMILES string of the molecule is COc1ccc(CCN(C(=O)c2ccco2)[C@@H](C(=O)NC2CCCCC2)c2ccc(C)o2)cc1OC. The van der Waals surface area contributed by atoms with E-state index in [0.29, 0.717) is 29.4 Å². The number of aryl methyl sites for hydroxylation is 1. The van der Waals surface area contributed by atoms with Crippen molar-refractivity contribution in [1.82, 2.24) is 10.2 Å². The van der Waals surface area contributed by atoms with Crippen LogP contribution in [-0.4, -0.2) is 43.5 Å². The quantitative estimate of drug-likeness (QED) is 0.423. The fourth-order valence-electron chi connectivity index (χ4n) is 4.73. The van der Waals surface area contributed by atoms with E-state index >= 15 is 0 Å². The molecule has 1 aromatic carbocycles. The first-order valence-electron chi connectivity index (χ1n) is 12.4. The lowest BCUT2D eigenvalue weighted by atomic mass is 9.95. The summed E-state index contributed by atoms with van der Waals surface area (Å²) in [4.78, 5) is 28.9. The molecule has 8 nitrogen and oxygen atoms in total. The van der Waals surface area contributed by atoms with Crippen molar-refractivity contribution in [3.8, 4) is 11.5 Å². The summed E-state index contributed by atoms with van der Waals surface area (Å²) in [6.07, 6.45) is 7.17. The van der Waals surface area contributed by atoms with Crippen molar-refractivity contribution < 1.29 is 27.9 Å². The van der Waals surface area contributed by atoms with E-state index in [0.717, 1.165) is 31.2 Å². The lowest BCUT2D eigenvalue weighted by molar-refractivity contribution is -0.127. The number of ether oxygens (including phenoxy) is 2. The van der Waals surface area contributed by atoms with Gasteiger partial charge in [-0.25, -0.2) is 0 Å². The molecule has 192 valence electrons. The number of amides is 2. The van der Waals surface area contributed by atoms with Gasteiger partial charge in [-0.15, -0.1) is 0 Å². The highest BCUT2D eigenvalue weighted by atomic mass is 16.5. The molecule has 0 unspecified atom stereocenters. The number of methoxy groups -OCH3 is 2. The number of furan rings is 2. The van der Waals surface area contributed by atoms with Gasteiger partial charge in [0.25, 0.3) is 11.8 Å². The van der Waals surface area contributed by atoms with Crippen molar-refractivity contribution in [2.45, 2.75) is 57.5 Å². The van der Waals surface area contributed by atoms with Crippen molar-refractivity contribution in [3.05, 3.63) is 71.6 Å². The van der Waals surface area contributed by atoms with Crippen LogP contribution in [0.5, 0.6) is 11.5 Å². The standard InChI is InChI=1S/C28H34N2O6/c1-19-11-13-23(36-19)26(27(31)29-21-8-5-4-6-9-21)30(28(32)24-10-7-17-35-24)16-15-20-12-14-22(33-2)25(18-20)34-3/h7,10-14,17-18,21,26H,4-6,8-9,15-16H2,1-3H3,(H,29,31)/t26-/m1/s1.